The Morgan fingerprint density at radius 1 is 1.35 bits per heavy atom. The molecule has 0 saturated heterocycles. The Balaban J connectivity index is 2.49. The third-order valence-corrected chi connectivity index (χ3v) is 3.49. The highest BCUT2D eigenvalue weighted by Gasteiger charge is 2.21. The van der Waals surface area contributed by atoms with E-state index in [-0.39, 0.29) is 24.1 Å². The zero-order chi connectivity index (χ0) is 15.2. The summed E-state index contributed by atoms with van der Waals surface area (Å²) in [5.74, 6) is 0. The van der Waals surface area contributed by atoms with Gasteiger partial charge in [0.05, 0.1) is 12.6 Å². The third kappa shape index (κ3) is 5.21. The van der Waals surface area contributed by atoms with Crippen LogP contribution >= 0.6 is 0 Å². The molecule has 0 aliphatic rings. The van der Waals surface area contributed by atoms with Crippen LogP contribution in [0.3, 0.4) is 0 Å². The Bertz CT molecular complexity index is 418. The zero-order valence-corrected chi connectivity index (χ0v) is 12.9. The number of likely N-dealkylation sites (N-methyl/N-ethyl adjacent to an activating group) is 1. The van der Waals surface area contributed by atoms with Crippen LogP contribution in [0.1, 0.15) is 26.3 Å². The van der Waals surface area contributed by atoms with E-state index in [2.05, 4.69) is 31.3 Å². The van der Waals surface area contributed by atoms with Crippen LogP contribution in [0.4, 0.5) is 4.79 Å². The van der Waals surface area contributed by atoms with Crippen molar-refractivity contribution in [1.82, 2.24) is 10.2 Å². The lowest BCUT2D eigenvalue weighted by Gasteiger charge is -2.28. The van der Waals surface area contributed by atoms with Crippen molar-refractivity contribution in [2.24, 2.45) is 5.41 Å². The number of nitrogens with zero attached hydrogens (tertiary/aromatic N) is 1. The monoisotopic (exact) mass is 278 g/mol. The van der Waals surface area contributed by atoms with Crippen LogP contribution in [0.15, 0.2) is 30.3 Å². The van der Waals surface area contributed by atoms with Gasteiger partial charge in [-0.15, -0.1) is 0 Å². The molecule has 2 amide bonds. The first-order chi connectivity index (χ1) is 9.35. The van der Waals surface area contributed by atoms with Crippen molar-refractivity contribution in [1.29, 1.82) is 0 Å². The highest BCUT2D eigenvalue weighted by Crippen LogP contribution is 2.20. The van der Waals surface area contributed by atoms with Gasteiger partial charge in [0.1, 0.15) is 0 Å². The Labute approximate surface area is 121 Å². The van der Waals surface area contributed by atoms with Crippen molar-refractivity contribution >= 4 is 6.03 Å². The Morgan fingerprint density at radius 3 is 2.50 bits per heavy atom. The van der Waals surface area contributed by atoms with Gasteiger partial charge >= 0.3 is 6.03 Å². The molecule has 0 aliphatic carbocycles. The molecular weight excluding hydrogens is 252 g/mol. The van der Waals surface area contributed by atoms with Crippen LogP contribution < -0.4 is 5.32 Å². The molecule has 0 radical (unpaired) electrons. The van der Waals surface area contributed by atoms with Crippen LogP contribution in [0.5, 0.6) is 0 Å². The summed E-state index contributed by atoms with van der Waals surface area (Å²) >= 11 is 0. The molecule has 112 valence electrons. The minimum atomic E-state index is -0.174. The molecule has 1 unspecified atom stereocenters. The minimum Gasteiger partial charge on any atom is -0.394 e. The van der Waals surface area contributed by atoms with Gasteiger partial charge in [-0.1, -0.05) is 44.2 Å². The van der Waals surface area contributed by atoms with E-state index in [1.54, 1.807) is 7.05 Å². The van der Waals surface area contributed by atoms with Crippen molar-refractivity contribution < 1.29 is 9.90 Å². The van der Waals surface area contributed by atoms with E-state index in [0.29, 0.717) is 6.54 Å². The SMILES string of the molecule is CC(CO)N(C)C(=O)NCC(C)(C)Cc1ccccc1. The summed E-state index contributed by atoms with van der Waals surface area (Å²) in [6.45, 7) is 6.65. The Morgan fingerprint density at radius 2 is 1.95 bits per heavy atom. The summed E-state index contributed by atoms with van der Waals surface area (Å²) in [6.07, 6.45) is 0.910. The van der Waals surface area contributed by atoms with Crippen molar-refractivity contribution in [3.05, 3.63) is 35.9 Å². The first kappa shape index (κ1) is 16.5. The van der Waals surface area contributed by atoms with Crippen LogP contribution in [0.2, 0.25) is 0 Å². The van der Waals surface area contributed by atoms with E-state index in [9.17, 15) is 4.79 Å². The molecule has 0 saturated carbocycles. The maximum Gasteiger partial charge on any atom is 0.317 e. The number of hydrogen-bond donors (Lipinski definition) is 2. The molecule has 1 aromatic rings. The molecule has 0 bridgehead atoms. The number of hydrogen-bond acceptors (Lipinski definition) is 2. The summed E-state index contributed by atoms with van der Waals surface area (Å²) in [5.41, 5.74) is 1.25. The minimum absolute atomic E-state index is 0.0136. The van der Waals surface area contributed by atoms with Crippen molar-refractivity contribution in [3.63, 3.8) is 0 Å². The second-order valence-electron chi connectivity index (χ2n) is 6.13. The van der Waals surface area contributed by atoms with Crippen LogP contribution in [0.25, 0.3) is 0 Å². The second-order valence-corrected chi connectivity index (χ2v) is 6.13. The number of urea groups is 1. The van der Waals surface area contributed by atoms with Gasteiger partial charge in [-0.05, 0) is 24.3 Å². The standard InChI is InChI=1S/C16H26N2O2/c1-13(11-19)18(4)15(20)17-12-16(2,3)10-14-8-6-5-7-9-14/h5-9,13,19H,10-12H2,1-4H3,(H,17,20). The van der Waals surface area contributed by atoms with Crippen LogP contribution in [-0.4, -0.2) is 42.3 Å². The second kappa shape index (κ2) is 7.29. The summed E-state index contributed by atoms with van der Waals surface area (Å²) in [6, 6.07) is 9.94. The fourth-order valence-electron chi connectivity index (χ4n) is 1.97. The number of nitrogens with one attached hydrogen (secondary N) is 1. The summed E-state index contributed by atoms with van der Waals surface area (Å²) in [7, 11) is 1.69. The smallest absolute Gasteiger partial charge is 0.317 e. The van der Waals surface area contributed by atoms with E-state index in [0.717, 1.165) is 6.42 Å². The topological polar surface area (TPSA) is 52.6 Å². The van der Waals surface area contributed by atoms with Crippen molar-refractivity contribution in [2.75, 3.05) is 20.2 Å². The number of amides is 2. The number of carbonyl (C=O) groups is 1. The number of rotatable bonds is 6. The largest absolute Gasteiger partial charge is 0.394 e. The summed E-state index contributed by atoms with van der Waals surface area (Å²) in [4.78, 5) is 13.5. The van der Waals surface area contributed by atoms with Gasteiger partial charge in [0.15, 0.2) is 0 Å². The highest BCUT2D eigenvalue weighted by atomic mass is 16.3. The van der Waals surface area contributed by atoms with Crippen molar-refractivity contribution in [2.45, 2.75) is 33.2 Å². The quantitative estimate of drug-likeness (QED) is 0.839. The molecule has 0 aromatic heterocycles. The van der Waals surface area contributed by atoms with E-state index in [1.165, 1.54) is 10.5 Å². The Hall–Kier alpha value is -1.55. The first-order valence-electron chi connectivity index (χ1n) is 7.01. The van der Waals surface area contributed by atoms with Gasteiger partial charge in [-0.2, -0.15) is 0 Å². The lowest BCUT2D eigenvalue weighted by molar-refractivity contribution is 0.154. The fraction of sp³-hybridized carbons (Fsp3) is 0.562. The van der Waals surface area contributed by atoms with Gasteiger partial charge in [-0.3, -0.25) is 0 Å². The fourth-order valence-corrected chi connectivity index (χ4v) is 1.97. The number of carbonyl (C=O) groups excluding carboxylic acids is 1. The average Bonchev–Trinajstić information content (AvgIpc) is 2.43. The molecule has 0 aliphatic heterocycles. The highest BCUT2D eigenvalue weighted by molar-refractivity contribution is 5.74. The van der Waals surface area contributed by atoms with Crippen LogP contribution in [-0.2, 0) is 6.42 Å². The molecule has 0 fully saturated rings. The predicted molar refractivity (Wildman–Crippen MR) is 81.6 cm³/mol. The third-order valence-electron chi connectivity index (χ3n) is 3.49. The summed E-state index contributed by atoms with van der Waals surface area (Å²) < 4.78 is 0. The number of benzene rings is 1. The van der Waals surface area contributed by atoms with E-state index in [4.69, 9.17) is 5.11 Å². The van der Waals surface area contributed by atoms with Gasteiger partial charge in [0.2, 0.25) is 0 Å². The zero-order valence-electron chi connectivity index (χ0n) is 12.9. The first-order valence-corrected chi connectivity index (χ1v) is 7.01. The van der Waals surface area contributed by atoms with Crippen molar-refractivity contribution in [3.8, 4) is 0 Å². The number of aliphatic hydroxyl groups is 1. The predicted octanol–water partition coefficient (Wildman–Crippen LogP) is 2.28. The van der Waals surface area contributed by atoms with E-state index >= 15 is 0 Å². The molecule has 4 nitrogen and oxygen atoms in total. The Kier molecular flexibility index (Phi) is 6.02. The maximum absolute atomic E-state index is 11.9. The molecule has 1 aromatic carbocycles. The van der Waals surface area contributed by atoms with E-state index in [1.807, 2.05) is 25.1 Å². The lowest BCUT2D eigenvalue weighted by Crippen LogP contribution is -2.46. The summed E-state index contributed by atoms with van der Waals surface area (Å²) in [5, 5.41) is 12.0. The molecule has 0 heterocycles. The lowest BCUT2D eigenvalue weighted by atomic mass is 9.86. The van der Waals surface area contributed by atoms with E-state index < -0.39 is 0 Å². The maximum atomic E-state index is 11.9. The van der Waals surface area contributed by atoms with Crippen LogP contribution in [0, 0.1) is 5.41 Å². The number of aliphatic hydroxyl groups excluding tert-OH is 1. The average molecular weight is 278 g/mol. The molecule has 20 heavy (non-hydrogen) atoms. The van der Waals surface area contributed by atoms with Gasteiger partial charge < -0.3 is 15.3 Å². The van der Waals surface area contributed by atoms with Gasteiger partial charge in [0, 0.05) is 13.6 Å². The molecular formula is C16H26N2O2. The molecule has 1 rings (SSSR count). The van der Waals surface area contributed by atoms with Gasteiger partial charge in [-0.25, -0.2) is 4.79 Å². The molecule has 4 heteroatoms. The normalized spacial score (nSPS) is 12.8. The molecule has 0 spiro atoms. The molecule has 1 atom stereocenters. The molecule has 2 N–H and O–H groups in total. The van der Waals surface area contributed by atoms with Gasteiger partial charge in [0.25, 0.3) is 0 Å².